The van der Waals surface area contributed by atoms with Crippen LogP contribution in [0.3, 0.4) is 0 Å². The van der Waals surface area contributed by atoms with Gasteiger partial charge in [0.2, 0.25) is 5.91 Å². The molecule has 0 aliphatic carbocycles. The smallest absolute Gasteiger partial charge is 0.258 e. The number of hydrogen-bond acceptors (Lipinski definition) is 3. The van der Waals surface area contributed by atoms with Gasteiger partial charge in [-0.25, -0.2) is 0 Å². The van der Waals surface area contributed by atoms with Crippen molar-refractivity contribution in [2.45, 2.75) is 31.5 Å². The van der Waals surface area contributed by atoms with E-state index in [1.165, 1.54) is 0 Å². The van der Waals surface area contributed by atoms with Gasteiger partial charge >= 0.3 is 0 Å². The van der Waals surface area contributed by atoms with Gasteiger partial charge in [0.15, 0.2) is 5.72 Å². The Morgan fingerprint density at radius 1 is 1.00 bits per heavy atom. The lowest BCUT2D eigenvalue weighted by molar-refractivity contribution is -0.131. The number of para-hydroxylation sites is 1. The van der Waals surface area contributed by atoms with Crippen molar-refractivity contribution in [2.24, 2.45) is 0 Å². The molecule has 25 heavy (non-hydrogen) atoms. The number of ether oxygens (including phenoxy) is 1. The molecule has 5 nitrogen and oxygen atoms in total. The largest absolute Gasteiger partial charge is 0.467 e. The standard InChI is InChI=1S/C20H20N2O3/c23-18-10-11-20(12-13-22(18)14-15-6-2-1-3-7-15)21-19(24)16-8-4-5-9-17(16)25-20/h1-9H,10-14H2,(H,21,24). The number of carbonyl (C=O) groups is 2. The molecule has 1 fully saturated rings. The third-order valence-corrected chi connectivity index (χ3v) is 4.88. The minimum Gasteiger partial charge on any atom is -0.467 e. The van der Waals surface area contributed by atoms with Gasteiger partial charge in [0.1, 0.15) is 5.75 Å². The second-order valence-corrected chi connectivity index (χ2v) is 6.60. The normalized spacial score (nSPS) is 22.8. The van der Waals surface area contributed by atoms with Crippen LogP contribution in [0.15, 0.2) is 54.6 Å². The predicted molar refractivity (Wildman–Crippen MR) is 93.0 cm³/mol. The third kappa shape index (κ3) is 3.09. The van der Waals surface area contributed by atoms with E-state index in [1.54, 1.807) is 6.07 Å². The van der Waals surface area contributed by atoms with Crippen molar-refractivity contribution in [3.05, 3.63) is 65.7 Å². The molecule has 2 aromatic rings. The number of nitrogens with zero attached hydrogens (tertiary/aromatic N) is 1. The third-order valence-electron chi connectivity index (χ3n) is 4.88. The Kier molecular flexibility index (Phi) is 3.92. The van der Waals surface area contributed by atoms with Crippen LogP contribution in [0.25, 0.3) is 0 Å². The molecule has 0 saturated carbocycles. The van der Waals surface area contributed by atoms with Gasteiger partial charge in [-0.1, -0.05) is 42.5 Å². The Morgan fingerprint density at radius 2 is 1.76 bits per heavy atom. The maximum absolute atomic E-state index is 12.5. The molecule has 2 amide bonds. The van der Waals surface area contributed by atoms with Crippen LogP contribution in [0.5, 0.6) is 5.75 Å². The quantitative estimate of drug-likeness (QED) is 0.917. The number of fused-ring (bicyclic) bond motifs is 1. The highest BCUT2D eigenvalue weighted by atomic mass is 16.5. The summed E-state index contributed by atoms with van der Waals surface area (Å²) in [7, 11) is 0. The van der Waals surface area contributed by atoms with Crippen molar-refractivity contribution in [3.63, 3.8) is 0 Å². The van der Waals surface area contributed by atoms with E-state index in [9.17, 15) is 9.59 Å². The number of rotatable bonds is 2. The summed E-state index contributed by atoms with van der Waals surface area (Å²) in [5.74, 6) is 0.554. The van der Waals surface area contributed by atoms with Crippen molar-refractivity contribution in [2.75, 3.05) is 6.54 Å². The maximum atomic E-state index is 12.5. The van der Waals surface area contributed by atoms with Crippen molar-refractivity contribution >= 4 is 11.8 Å². The van der Waals surface area contributed by atoms with Crippen LogP contribution in [-0.2, 0) is 11.3 Å². The minimum atomic E-state index is -0.799. The topological polar surface area (TPSA) is 58.6 Å². The number of benzene rings is 2. The molecular weight excluding hydrogens is 316 g/mol. The fourth-order valence-corrected chi connectivity index (χ4v) is 3.48. The first-order valence-electron chi connectivity index (χ1n) is 8.57. The van der Waals surface area contributed by atoms with Crippen LogP contribution in [0.4, 0.5) is 0 Å². The SMILES string of the molecule is O=C1NC2(CCC(=O)N(Cc3ccccc3)CC2)Oc2ccccc21. The van der Waals surface area contributed by atoms with Gasteiger partial charge in [0.05, 0.1) is 5.56 Å². The number of hydrogen-bond donors (Lipinski definition) is 1. The van der Waals surface area contributed by atoms with E-state index in [4.69, 9.17) is 4.74 Å². The first kappa shape index (κ1) is 15.7. The summed E-state index contributed by atoms with van der Waals surface area (Å²) in [6.45, 7) is 1.14. The molecule has 2 aliphatic rings. The molecule has 2 aliphatic heterocycles. The molecular formula is C20H20N2O3. The summed E-state index contributed by atoms with van der Waals surface area (Å²) >= 11 is 0. The average molecular weight is 336 g/mol. The highest BCUT2D eigenvalue weighted by molar-refractivity contribution is 5.98. The van der Waals surface area contributed by atoms with Gasteiger partial charge in [-0.3, -0.25) is 9.59 Å². The monoisotopic (exact) mass is 336 g/mol. The molecule has 1 unspecified atom stereocenters. The summed E-state index contributed by atoms with van der Waals surface area (Å²) in [5, 5.41) is 2.99. The zero-order valence-electron chi connectivity index (χ0n) is 13.9. The number of carbonyl (C=O) groups excluding carboxylic acids is 2. The van der Waals surface area contributed by atoms with E-state index >= 15 is 0 Å². The molecule has 0 radical (unpaired) electrons. The van der Waals surface area contributed by atoms with Gasteiger partial charge in [0.25, 0.3) is 5.91 Å². The molecule has 1 N–H and O–H groups in total. The fourth-order valence-electron chi connectivity index (χ4n) is 3.48. The number of nitrogens with one attached hydrogen (secondary N) is 1. The van der Waals surface area contributed by atoms with Crippen molar-refractivity contribution in [1.82, 2.24) is 10.2 Å². The van der Waals surface area contributed by atoms with Gasteiger partial charge in [-0.2, -0.15) is 0 Å². The Balaban J connectivity index is 1.53. The summed E-state index contributed by atoms with van der Waals surface area (Å²) in [5.41, 5.74) is 0.850. The second kappa shape index (κ2) is 6.24. The zero-order valence-corrected chi connectivity index (χ0v) is 13.9. The molecule has 2 aromatic carbocycles. The lowest BCUT2D eigenvalue weighted by Crippen LogP contribution is -2.56. The minimum absolute atomic E-state index is 0.0948. The fraction of sp³-hybridized carbons (Fsp3) is 0.300. The zero-order chi connectivity index (χ0) is 17.3. The van der Waals surface area contributed by atoms with Crippen molar-refractivity contribution in [3.8, 4) is 5.75 Å². The van der Waals surface area contributed by atoms with Crippen LogP contribution in [0.1, 0.15) is 35.2 Å². The van der Waals surface area contributed by atoms with Crippen LogP contribution >= 0.6 is 0 Å². The summed E-state index contributed by atoms with van der Waals surface area (Å²) in [6, 6.07) is 17.2. The molecule has 5 heteroatoms. The Hall–Kier alpha value is -2.82. The van der Waals surface area contributed by atoms with Gasteiger partial charge < -0.3 is 15.0 Å². The van der Waals surface area contributed by atoms with Gasteiger partial charge in [-0.05, 0) is 17.7 Å². The molecule has 1 atom stereocenters. The van der Waals surface area contributed by atoms with E-state index in [-0.39, 0.29) is 11.8 Å². The van der Waals surface area contributed by atoms with Crippen LogP contribution in [0.2, 0.25) is 0 Å². The lowest BCUT2D eigenvalue weighted by Gasteiger charge is -2.38. The van der Waals surface area contributed by atoms with Crippen LogP contribution in [0, 0.1) is 0 Å². The summed E-state index contributed by atoms with van der Waals surface area (Å²) in [6.07, 6.45) is 1.41. The van der Waals surface area contributed by atoms with E-state index in [0.717, 1.165) is 5.56 Å². The van der Waals surface area contributed by atoms with E-state index in [0.29, 0.717) is 43.7 Å². The average Bonchev–Trinajstić information content (AvgIpc) is 2.77. The molecule has 4 rings (SSSR count). The number of amides is 2. The van der Waals surface area contributed by atoms with Crippen molar-refractivity contribution in [1.29, 1.82) is 0 Å². The van der Waals surface area contributed by atoms with Gasteiger partial charge in [-0.15, -0.1) is 0 Å². The highest BCUT2D eigenvalue weighted by Crippen LogP contribution is 2.33. The highest BCUT2D eigenvalue weighted by Gasteiger charge is 2.42. The summed E-state index contributed by atoms with van der Waals surface area (Å²) in [4.78, 5) is 26.8. The maximum Gasteiger partial charge on any atom is 0.258 e. The molecule has 1 saturated heterocycles. The molecule has 2 heterocycles. The second-order valence-electron chi connectivity index (χ2n) is 6.60. The molecule has 0 aromatic heterocycles. The first-order chi connectivity index (χ1) is 12.2. The van der Waals surface area contributed by atoms with E-state index in [1.807, 2.05) is 53.4 Å². The predicted octanol–water partition coefficient (Wildman–Crippen LogP) is 2.72. The van der Waals surface area contributed by atoms with Crippen LogP contribution < -0.4 is 10.1 Å². The van der Waals surface area contributed by atoms with Crippen molar-refractivity contribution < 1.29 is 14.3 Å². The Labute approximate surface area is 146 Å². The molecule has 128 valence electrons. The summed E-state index contributed by atoms with van der Waals surface area (Å²) < 4.78 is 6.15. The lowest BCUT2D eigenvalue weighted by atomic mass is 10.0. The molecule has 0 bridgehead atoms. The van der Waals surface area contributed by atoms with Gasteiger partial charge in [0, 0.05) is 32.4 Å². The van der Waals surface area contributed by atoms with Crippen LogP contribution in [-0.4, -0.2) is 29.0 Å². The number of likely N-dealkylation sites (tertiary alicyclic amines) is 1. The molecule has 1 spiro atoms. The first-order valence-corrected chi connectivity index (χ1v) is 8.57. The van der Waals surface area contributed by atoms with E-state index < -0.39 is 5.72 Å². The Bertz CT molecular complexity index is 806. The Morgan fingerprint density at radius 3 is 2.60 bits per heavy atom. The van der Waals surface area contributed by atoms with E-state index in [2.05, 4.69) is 5.32 Å².